The molecule has 0 unspecified atom stereocenters. The number of ether oxygens (including phenoxy) is 1. The highest BCUT2D eigenvalue weighted by Crippen LogP contribution is 2.35. The first-order chi connectivity index (χ1) is 10.3. The molecule has 0 amide bonds. The lowest BCUT2D eigenvalue weighted by Gasteiger charge is -2.31. The van der Waals surface area contributed by atoms with Gasteiger partial charge in [-0.1, -0.05) is 55.0 Å². The lowest BCUT2D eigenvalue weighted by molar-refractivity contribution is 0.0142. The van der Waals surface area contributed by atoms with Gasteiger partial charge >= 0.3 is 5.97 Å². The molecule has 0 aromatic heterocycles. The van der Waals surface area contributed by atoms with Crippen LogP contribution in [0.4, 0.5) is 0 Å². The summed E-state index contributed by atoms with van der Waals surface area (Å²) in [7, 11) is 0. The first-order valence-electron chi connectivity index (χ1n) is 7.65. The number of carbonyl (C=O) groups excluding carboxylic acids is 1. The molecule has 1 aliphatic rings. The van der Waals surface area contributed by atoms with Gasteiger partial charge in [0.2, 0.25) is 0 Å². The fourth-order valence-electron chi connectivity index (χ4n) is 3.10. The van der Waals surface area contributed by atoms with Gasteiger partial charge in [-0.3, -0.25) is 0 Å². The van der Waals surface area contributed by atoms with Crippen LogP contribution in [0.5, 0.6) is 0 Å². The van der Waals surface area contributed by atoms with Crippen LogP contribution in [-0.2, 0) is 4.74 Å². The van der Waals surface area contributed by atoms with Crippen LogP contribution in [0.3, 0.4) is 0 Å². The topological polar surface area (TPSA) is 26.3 Å². The summed E-state index contributed by atoms with van der Waals surface area (Å²) >= 11 is 0. The van der Waals surface area contributed by atoms with Crippen LogP contribution >= 0.6 is 0 Å². The molecule has 1 aliphatic carbocycles. The molecule has 1 saturated carbocycles. The molecule has 1 fully saturated rings. The minimum absolute atomic E-state index is 0.00569. The van der Waals surface area contributed by atoms with E-state index in [0.717, 1.165) is 19.3 Å². The molecule has 3 rings (SSSR count). The Labute approximate surface area is 125 Å². The van der Waals surface area contributed by atoms with Crippen LogP contribution in [0.25, 0.3) is 0 Å². The Kier molecular flexibility index (Phi) is 4.34. The quantitative estimate of drug-likeness (QED) is 0.770. The van der Waals surface area contributed by atoms with Gasteiger partial charge in [0.1, 0.15) is 6.10 Å². The van der Waals surface area contributed by atoms with E-state index in [9.17, 15) is 4.79 Å². The van der Waals surface area contributed by atoms with E-state index in [0.29, 0.717) is 11.5 Å². The van der Waals surface area contributed by atoms with E-state index in [2.05, 4.69) is 24.3 Å². The summed E-state index contributed by atoms with van der Waals surface area (Å²) in [6.45, 7) is 0. The smallest absolute Gasteiger partial charge is 0.338 e. The summed E-state index contributed by atoms with van der Waals surface area (Å²) in [5, 5.41) is 0. The summed E-state index contributed by atoms with van der Waals surface area (Å²) in [5.74, 6) is 0.121. The van der Waals surface area contributed by atoms with E-state index in [1.54, 1.807) is 0 Å². The van der Waals surface area contributed by atoms with Crippen LogP contribution in [-0.4, -0.2) is 12.1 Å². The van der Waals surface area contributed by atoms with Crippen molar-refractivity contribution < 1.29 is 9.53 Å². The maximum absolute atomic E-state index is 12.3. The van der Waals surface area contributed by atoms with Crippen LogP contribution in [0.15, 0.2) is 60.7 Å². The summed E-state index contributed by atoms with van der Waals surface area (Å²) in [5.41, 5.74) is 1.91. The first-order valence-corrected chi connectivity index (χ1v) is 7.65. The van der Waals surface area contributed by atoms with Crippen molar-refractivity contribution in [2.75, 3.05) is 0 Å². The molecule has 0 radical (unpaired) electrons. The molecule has 0 bridgehead atoms. The highest BCUT2D eigenvalue weighted by molar-refractivity contribution is 5.89. The van der Waals surface area contributed by atoms with Crippen molar-refractivity contribution in [1.29, 1.82) is 0 Å². The van der Waals surface area contributed by atoms with Crippen molar-refractivity contribution in [3.8, 4) is 0 Å². The van der Waals surface area contributed by atoms with Crippen LogP contribution in [0.1, 0.15) is 47.5 Å². The molecule has 2 aromatic carbocycles. The maximum Gasteiger partial charge on any atom is 0.338 e. The van der Waals surface area contributed by atoms with Gasteiger partial charge in [0, 0.05) is 5.92 Å². The minimum Gasteiger partial charge on any atom is -0.458 e. The highest BCUT2D eigenvalue weighted by atomic mass is 16.5. The molecule has 0 saturated heterocycles. The van der Waals surface area contributed by atoms with Crippen LogP contribution in [0, 0.1) is 0 Å². The molecule has 0 N–H and O–H groups in total. The Bertz CT molecular complexity index is 577. The summed E-state index contributed by atoms with van der Waals surface area (Å²) in [4.78, 5) is 12.3. The van der Waals surface area contributed by atoms with Gasteiger partial charge in [-0.15, -0.1) is 0 Å². The number of hydrogen-bond donors (Lipinski definition) is 0. The lowest BCUT2D eigenvalue weighted by Crippen LogP contribution is -2.28. The number of esters is 1. The van der Waals surface area contributed by atoms with E-state index >= 15 is 0 Å². The van der Waals surface area contributed by atoms with Gasteiger partial charge < -0.3 is 4.74 Å². The predicted molar refractivity (Wildman–Crippen MR) is 83.3 cm³/mol. The van der Waals surface area contributed by atoms with Gasteiger partial charge in [-0.2, -0.15) is 0 Å². The molecule has 2 aromatic rings. The normalized spacial score (nSPS) is 21.7. The Hall–Kier alpha value is -2.09. The second-order valence-corrected chi connectivity index (χ2v) is 5.61. The van der Waals surface area contributed by atoms with Gasteiger partial charge in [-0.25, -0.2) is 4.79 Å². The molecule has 108 valence electrons. The fraction of sp³-hybridized carbons (Fsp3) is 0.316. The second kappa shape index (κ2) is 6.57. The zero-order valence-corrected chi connectivity index (χ0v) is 12.1. The molecule has 0 heterocycles. The summed E-state index contributed by atoms with van der Waals surface area (Å²) in [6, 6.07) is 19.7. The van der Waals surface area contributed by atoms with E-state index in [1.165, 1.54) is 12.0 Å². The highest BCUT2D eigenvalue weighted by Gasteiger charge is 2.29. The Balaban J connectivity index is 1.75. The van der Waals surface area contributed by atoms with Crippen LogP contribution in [0.2, 0.25) is 0 Å². The molecule has 0 spiro atoms. The van der Waals surface area contributed by atoms with Gasteiger partial charge in [-0.05, 0) is 37.0 Å². The van der Waals surface area contributed by atoms with Crippen molar-refractivity contribution in [1.82, 2.24) is 0 Å². The van der Waals surface area contributed by atoms with Crippen molar-refractivity contribution in [2.24, 2.45) is 0 Å². The number of carbonyl (C=O) groups is 1. The third-order valence-corrected chi connectivity index (χ3v) is 4.20. The van der Waals surface area contributed by atoms with Crippen molar-refractivity contribution in [3.05, 3.63) is 71.8 Å². The predicted octanol–water partition coefficient (Wildman–Crippen LogP) is 4.57. The van der Waals surface area contributed by atoms with E-state index < -0.39 is 0 Å². The fourth-order valence-corrected chi connectivity index (χ4v) is 3.10. The summed E-state index contributed by atoms with van der Waals surface area (Å²) < 4.78 is 5.81. The van der Waals surface area contributed by atoms with Crippen molar-refractivity contribution in [2.45, 2.75) is 37.7 Å². The standard InChI is InChI=1S/C19H20O2/c20-19(16-11-5-2-6-12-16)21-18-14-8-7-13-17(18)15-9-3-1-4-10-15/h1-6,9-12,17-18H,7-8,13-14H2/t17-,18+/m1/s1. The lowest BCUT2D eigenvalue weighted by atomic mass is 9.81. The number of hydrogen-bond acceptors (Lipinski definition) is 2. The Morgan fingerprint density at radius 3 is 2.19 bits per heavy atom. The average Bonchev–Trinajstić information content (AvgIpc) is 2.57. The first kappa shape index (κ1) is 13.9. The zero-order chi connectivity index (χ0) is 14.5. The van der Waals surface area contributed by atoms with Gasteiger partial charge in [0.25, 0.3) is 0 Å². The van der Waals surface area contributed by atoms with Crippen LogP contribution < -0.4 is 0 Å². The SMILES string of the molecule is O=C(O[C@H]1CCCC[C@@H]1c1ccccc1)c1ccccc1. The third kappa shape index (κ3) is 3.33. The maximum atomic E-state index is 12.3. The monoisotopic (exact) mass is 280 g/mol. The van der Waals surface area contributed by atoms with Gasteiger partial charge in [0.15, 0.2) is 0 Å². The average molecular weight is 280 g/mol. The molecule has 21 heavy (non-hydrogen) atoms. The Morgan fingerprint density at radius 1 is 0.857 bits per heavy atom. The third-order valence-electron chi connectivity index (χ3n) is 4.20. The van der Waals surface area contributed by atoms with Crippen molar-refractivity contribution >= 4 is 5.97 Å². The van der Waals surface area contributed by atoms with E-state index in [-0.39, 0.29) is 12.1 Å². The van der Waals surface area contributed by atoms with Gasteiger partial charge in [0.05, 0.1) is 5.56 Å². The van der Waals surface area contributed by atoms with E-state index in [1.807, 2.05) is 36.4 Å². The molecule has 2 nitrogen and oxygen atoms in total. The second-order valence-electron chi connectivity index (χ2n) is 5.61. The largest absolute Gasteiger partial charge is 0.458 e. The minimum atomic E-state index is -0.205. The molecule has 2 atom stereocenters. The number of benzene rings is 2. The molecular weight excluding hydrogens is 260 g/mol. The molecular formula is C19H20O2. The van der Waals surface area contributed by atoms with Crippen molar-refractivity contribution in [3.63, 3.8) is 0 Å². The molecule has 0 aliphatic heterocycles. The van der Waals surface area contributed by atoms with E-state index in [4.69, 9.17) is 4.74 Å². The Morgan fingerprint density at radius 2 is 1.48 bits per heavy atom. The molecule has 2 heteroatoms. The zero-order valence-electron chi connectivity index (χ0n) is 12.1. The summed E-state index contributed by atoms with van der Waals surface area (Å²) in [6.07, 6.45) is 4.39. The number of rotatable bonds is 3.